The van der Waals surface area contributed by atoms with Crippen molar-refractivity contribution < 1.29 is 9.18 Å². The Bertz CT molecular complexity index is 674. The summed E-state index contributed by atoms with van der Waals surface area (Å²) < 4.78 is 13.8. The number of carbonyl (C=O) groups is 1. The lowest BCUT2D eigenvalue weighted by molar-refractivity contribution is 0.100. The number of halogens is 1. The van der Waals surface area contributed by atoms with Gasteiger partial charge in [-0.05, 0) is 30.3 Å². The Labute approximate surface area is 110 Å². The first-order valence-electron chi connectivity index (χ1n) is 5.54. The molecule has 3 N–H and O–H groups in total. The molecule has 0 saturated carbocycles. The van der Waals surface area contributed by atoms with E-state index in [9.17, 15) is 9.18 Å². The maximum Gasteiger partial charge on any atom is 0.250 e. The van der Waals surface area contributed by atoms with E-state index < -0.39 is 11.7 Å². The van der Waals surface area contributed by atoms with Gasteiger partial charge in [-0.3, -0.25) is 4.79 Å². The van der Waals surface area contributed by atoms with Crippen molar-refractivity contribution in [3.63, 3.8) is 0 Å². The van der Waals surface area contributed by atoms with Crippen LogP contribution >= 0.6 is 0 Å². The molecule has 0 atom stereocenters. The monoisotopic (exact) mass is 254 g/mol. The van der Waals surface area contributed by atoms with Crippen molar-refractivity contribution >= 4 is 17.3 Å². The summed E-state index contributed by atoms with van der Waals surface area (Å²) >= 11 is 0. The summed E-state index contributed by atoms with van der Waals surface area (Å²) in [5.41, 5.74) is 6.67. The van der Waals surface area contributed by atoms with Gasteiger partial charge in [-0.2, -0.15) is 0 Å². The number of anilines is 2. The molecule has 19 heavy (non-hydrogen) atoms. The number of carbonyl (C=O) groups excluding carboxylic acids is 1. The van der Waals surface area contributed by atoms with Crippen LogP contribution in [0.5, 0.6) is 0 Å². The number of nitrogens with two attached hydrogens (primary N) is 1. The van der Waals surface area contributed by atoms with Crippen molar-refractivity contribution in [3.8, 4) is 12.3 Å². The van der Waals surface area contributed by atoms with Crippen LogP contribution in [0.1, 0.15) is 15.9 Å². The maximum atomic E-state index is 13.8. The molecule has 0 spiro atoms. The number of hydrogen-bond acceptors (Lipinski definition) is 2. The predicted molar refractivity (Wildman–Crippen MR) is 72.6 cm³/mol. The molecule has 0 unspecified atom stereocenters. The first-order chi connectivity index (χ1) is 9.11. The smallest absolute Gasteiger partial charge is 0.250 e. The van der Waals surface area contributed by atoms with Gasteiger partial charge in [0.15, 0.2) is 0 Å². The number of amides is 1. The second-order valence-corrected chi connectivity index (χ2v) is 3.87. The molecule has 2 aromatic carbocycles. The average molecular weight is 254 g/mol. The summed E-state index contributed by atoms with van der Waals surface area (Å²) in [5.74, 6) is 1.28. The van der Waals surface area contributed by atoms with E-state index in [1.54, 1.807) is 30.3 Å². The standard InChI is InChI=1S/C15H11FN2O/c1-2-10-7-8-14(12(16)9-10)18-13-6-4-3-5-11(13)15(17)19/h1,3-9,18H,(H2,17,19). The van der Waals surface area contributed by atoms with Gasteiger partial charge < -0.3 is 11.1 Å². The van der Waals surface area contributed by atoms with Crippen molar-refractivity contribution in [1.82, 2.24) is 0 Å². The second kappa shape index (κ2) is 5.23. The van der Waals surface area contributed by atoms with E-state index in [1.165, 1.54) is 12.1 Å². The van der Waals surface area contributed by atoms with Crippen LogP contribution in [0, 0.1) is 18.2 Å². The Morgan fingerprint density at radius 2 is 1.95 bits per heavy atom. The normalized spacial score (nSPS) is 9.68. The molecule has 0 radical (unpaired) electrons. The molecule has 0 aliphatic rings. The Balaban J connectivity index is 2.37. The highest BCUT2D eigenvalue weighted by molar-refractivity contribution is 5.99. The van der Waals surface area contributed by atoms with Gasteiger partial charge in [0, 0.05) is 5.56 Å². The zero-order chi connectivity index (χ0) is 13.8. The Hall–Kier alpha value is -2.80. The van der Waals surface area contributed by atoms with E-state index in [0.717, 1.165) is 0 Å². The quantitative estimate of drug-likeness (QED) is 0.827. The van der Waals surface area contributed by atoms with Gasteiger partial charge in [-0.25, -0.2) is 4.39 Å². The van der Waals surface area contributed by atoms with Crippen LogP contribution in [0.4, 0.5) is 15.8 Å². The first-order valence-corrected chi connectivity index (χ1v) is 5.54. The van der Waals surface area contributed by atoms with Gasteiger partial charge >= 0.3 is 0 Å². The largest absolute Gasteiger partial charge is 0.366 e. The van der Waals surface area contributed by atoms with Crippen molar-refractivity contribution in [2.24, 2.45) is 5.73 Å². The van der Waals surface area contributed by atoms with Crippen LogP contribution in [-0.4, -0.2) is 5.91 Å². The molecule has 2 aromatic rings. The molecule has 1 amide bonds. The first kappa shape index (κ1) is 12.7. The zero-order valence-electron chi connectivity index (χ0n) is 9.98. The zero-order valence-corrected chi connectivity index (χ0v) is 9.98. The Morgan fingerprint density at radius 3 is 2.58 bits per heavy atom. The highest BCUT2D eigenvalue weighted by atomic mass is 19.1. The van der Waals surface area contributed by atoms with Gasteiger partial charge in [0.1, 0.15) is 5.82 Å². The fourth-order valence-corrected chi connectivity index (χ4v) is 1.66. The van der Waals surface area contributed by atoms with Gasteiger partial charge in [-0.1, -0.05) is 18.1 Å². The van der Waals surface area contributed by atoms with E-state index in [2.05, 4.69) is 11.2 Å². The number of para-hydroxylation sites is 1. The summed E-state index contributed by atoms with van der Waals surface area (Å²) in [6, 6.07) is 11.0. The van der Waals surface area contributed by atoms with E-state index in [1.807, 2.05) is 0 Å². The van der Waals surface area contributed by atoms with Gasteiger partial charge in [-0.15, -0.1) is 6.42 Å². The topological polar surface area (TPSA) is 55.1 Å². The van der Waals surface area contributed by atoms with Crippen molar-refractivity contribution in [1.29, 1.82) is 0 Å². The number of nitrogens with one attached hydrogen (secondary N) is 1. The Morgan fingerprint density at radius 1 is 1.21 bits per heavy atom. The van der Waals surface area contributed by atoms with Gasteiger partial charge in [0.2, 0.25) is 0 Å². The van der Waals surface area contributed by atoms with Crippen molar-refractivity contribution in [2.75, 3.05) is 5.32 Å². The highest BCUT2D eigenvalue weighted by Gasteiger charge is 2.09. The minimum absolute atomic E-state index is 0.229. The molecule has 94 valence electrons. The molecular formula is C15H11FN2O. The van der Waals surface area contributed by atoms with Crippen LogP contribution in [0.2, 0.25) is 0 Å². The van der Waals surface area contributed by atoms with Crippen LogP contribution in [0.3, 0.4) is 0 Å². The minimum atomic E-state index is -0.580. The SMILES string of the molecule is C#Cc1ccc(Nc2ccccc2C(N)=O)c(F)c1. The number of primary amides is 1. The molecule has 2 rings (SSSR count). The van der Waals surface area contributed by atoms with Crippen LogP contribution < -0.4 is 11.1 Å². The number of hydrogen-bond donors (Lipinski definition) is 2. The summed E-state index contributed by atoms with van der Waals surface area (Å²) in [5, 5.41) is 2.83. The number of rotatable bonds is 3. The Kier molecular flexibility index (Phi) is 3.48. The van der Waals surface area contributed by atoms with Crippen molar-refractivity contribution in [2.45, 2.75) is 0 Å². The van der Waals surface area contributed by atoms with E-state index >= 15 is 0 Å². The lowest BCUT2D eigenvalue weighted by Gasteiger charge is -2.10. The van der Waals surface area contributed by atoms with Crippen molar-refractivity contribution in [3.05, 3.63) is 59.4 Å². The lowest BCUT2D eigenvalue weighted by Crippen LogP contribution is -2.13. The predicted octanol–water partition coefficient (Wildman–Crippen LogP) is 2.65. The van der Waals surface area contributed by atoms with Gasteiger partial charge in [0.05, 0.1) is 16.9 Å². The van der Waals surface area contributed by atoms with Crippen LogP contribution in [0.25, 0.3) is 0 Å². The van der Waals surface area contributed by atoms with Crippen LogP contribution in [0.15, 0.2) is 42.5 Å². The lowest BCUT2D eigenvalue weighted by atomic mass is 10.1. The number of benzene rings is 2. The fraction of sp³-hybridized carbons (Fsp3) is 0. The molecule has 0 aliphatic carbocycles. The third kappa shape index (κ3) is 2.72. The fourth-order valence-electron chi connectivity index (χ4n) is 1.66. The summed E-state index contributed by atoms with van der Waals surface area (Å²) in [6.07, 6.45) is 5.19. The molecule has 0 fully saturated rings. The number of terminal acetylenes is 1. The molecule has 0 aliphatic heterocycles. The highest BCUT2D eigenvalue weighted by Crippen LogP contribution is 2.23. The summed E-state index contributed by atoms with van der Waals surface area (Å²) in [6.45, 7) is 0. The van der Waals surface area contributed by atoms with E-state index in [4.69, 9.17) is 12.2 Å². The average Bonchev–Trinajstić information content (AvgIpc) is 2.41. The molecule has 0 aromatic heterocycles. The molecule has 0 bridgehead atoms. The van der Waals surface area contributed by atoms with Gasteiger partial charge in [0.25, 0.3) is 5.91 Å². The molecule has 0 heterocycles. The third-order valence-corrected chi connectivity index (χ3v) is 2.60. The summed E-state index contributed by atoms with van der Waals surface area (Å²) in [4.78, 5) is 11.3. The molecule has 0 saturated heterocycles. The van der Waals surface area contributed by atoms with Crippen LogP contribution in [-0.2, 0) is 0 Å². The second-order valence-electron chi connectivity index (χ2n) is 3.87. The molecular weight excluding hydrogens is 243 g/mol. The van der Waals surface area contributed by atoms with E-state index in [0.29, 0.717) is 16.8 Å². The molecule has 4 heteroatoms. The maximum absolute atomic E-state index is 13.8. The minimum Gasteiger partial charge on any atom is -0.366 e. The third-order valence-electron chi connectivity index (χ3n) is 2.60. The molecule has 3 nitrogen and oxygen atoms in total. The summed E-state index contributed by atoms with van der Waals surface area (Å²) in [7, 11) is 0. The van der Waals surface area contributed by atoms with E-state index in [-0.39, 0.29) is 5.69 Å².